The first-order chi connectivity index (χ1) is 25.3. The predicted molar refractivity (Wildman–Crippen MR) is 195 cm³/mol. The third-order valence-electron chi connectivity index (χ3n) is 12.1. The smallest absolute Gasteiger partial charge is 0.319 e. The molecule has 0 amide bonds. The average molecular weight is 711 g/mol. The van der Waals surface area contributed by atoms with Crippen LogP contribution in [0.2, 0.25) is 0 Å². The summed E-state index contributed by atoms with van der Waals surface area (Å²) >= 11 is 0. The van der Waals surface area contributed by atoms with Crippen LogP contribution in [0, 0.1) is 6.92 Å². The first-order valence-electron chi connectivity index (χ1n) is 19.1. The number of aromatic nitrogens is 6. The molecule has 4 aliphatic heterocycles. The highest BCUT2D eigenvalue weighted by Crippen LogP contribution is 2.50. The van der Waals surface area contributed by atoms with Crippen molar-refractivity contribution in [1.29, 1.82) is 0 Å². The van der Waals surface area contributed by atoms with E-state index in [0.29, 0.717) is 51.0 Å². The summed E-state index contributed by atoms with van der Waals surface area (Å²) in [4.78, 5) is 19.5. The molecule has 5 aliphatic rings. The molecule has 0 bridgehead atoms. The van der Waals surface area contributed by atoms with Crippen molar-refractivity contribution in [2.45, 2.75) is 94.7 Å². The van der Waals surface area contributed by atoms with Crippen LogP contribution in [0.1, 0.15) is 81.6 Å². The summed E-state index contributed by atoms with van der Waals surface area (Å²) < 4.78 is 37.3. The number of hydrogen-bond acceptors (Lipinski definition) is 10. The van der Waals surface area contributed by atoms with Gasteiger partial charge >= 0.3 is 6.01 Å². The van der Waals surface area contributed by atoms with Crippen molar-refractivity contribution in [2.24, 2.45) is 0 Å². The number of halogens is 1. The minimum atomic E-state index is -1.08. The summed E-state index contributed by atoms with van der Waals surface area (Å²) in [5, 5.41) is 17.3. The van der Waals surface area contributed by atoms with Crippen LogP contribution in [0.4, 0.5) is 10.2 Å². The molecule has 4 saturated heterocycles. The predicted octanol–water partition coefficient (Wildman–Crippen LogP) is 5.72. The van der Waals surface area contributed by atoms with Crippen molar-refractivity contribution >= 4 is 33.3 Å². The Labute approximate surface area is 301 Å². The number of hydrogen-bond donors (Lipinski definition) is 1. The fourth-order valence-corrected chi connectivity index (χ4v) is 9.61. The summed E-state index contributed by atoms with van der Waals surface area (Å²) in [7, 11) is 0. The van der Waals surface area contributed by atoms with Crippen LogP contribution in [0.15, 0.2) is 30.7 Å². The van der Waals surface area contributed by atoms with Crippen LogP contribution in [0.25, 0.3) is 38.7 Å². The van der Waals surface area contributed by atoms with Gasteiger partial charge in [0, 0.05) is 49.5 Å². The van der Waals surface area contributed by atoms with Crippen molar-refractivity contribution in [1.82, 2.24) is 34.0 Å². The number of benzene rings is 1. The van der Waals surface area contributed by atoms with Gasteiger partial charge in [-0.1, -0.05) is 0 Å². The first kappa shape index (κ1) is 32.7. The maximum Gasteiger partial charge on any atom is 0.319 e. The standard InChI is InChI=1S/C39H47FN8O4/c1-24-16-29-27(19-42-48(29)31-6-3-4-14-51-31)33(32(24)25-7-8-25)34-30-17-28-35(47(30)12-10-41-34)36(45-13-15-50-22-38(2,49)21-45)44-37(43-28)52-23-39-9-5-11-46(39)20-26(40)18-39/h10,12,16-17,19,25-26,31,49H,3-9,11,13-15,18,20-23H2,1-2H3/t26-,31?,38+,39+/m1/s1. The van der Waals surface area contributed by atoms with Crippen molar-refractivity contribution in [3.8, 4) is 17.3 Å². The Kier molecular flexibility index (Phi) is 7.75. The third kappa shape index (κ3) is 5.45. The monoisotopic (exact) mass is 710 g/mol. The number of rotatable bonds is 7. The lowest BCUT2D eigenvalue weighted by Crippen LogP contribution is -2.44. The maximum absolute atomic E-state index is 14.6. The van der Waals surface area contributed by atoms with Gasteiger partial charge in [0.05, 0.1) is 53.7 Å². The molecule has 1 unspecified atom stereocenters. The maximum atomic E-state index is 14.6. The Bertz CT molecular complexity index is 2170. The largest absolute Gasteiger partial charge is 0.461 e. The molecule has 1 N–H and O–H groups in total. The molecule has 5 aromatic rings. The molecule has 4 atom stereocenters. The lowest BCUT2D eigenvalue weighted by atomic mass is 9.92. The Balaban J connectivity index is 1.14. The van der Waals surface area contributed by atoms with E-state index in [1.54, 1.807) is 6.92 Å². The molecular formula is C39H47FN8O4. The molecule has 0 radical (unpaired) electrons. The zero-order chi connectivity index (χ0) is 35.2. The lowest BCUT2D eigenvalue weighted by Gasteiger charge is -2.31. The first-order valence-corrected chi connectivity index (χ1v) is 19.1. The highest BCUT2D eigenvalue weighted by Gasteiger charge is 2.49. The van der Waals surface area contributed by atoms with Crippen LogP contribution in [0.3, 0.4) is 0 Å². The number of aliphatic hydroxyl groups is 1. The fourth-order valence-electron chi connectivity index (χ4n) is 9.61. The van der Waals surface area contributed by atoms with E-state index in [-0.39, 0.29) is 24.4 Å². The molecule has 52 heavy (non-hydrogen) atoms. The molecular weight excluding hydrogens is 663 g/mol. The number of fused-ring (bicyclic) bond motifs is 5. The molecule has 10 rings (SSSR count). The zero-order valence-corrected chi connectivity index (χ0v) is 30.1. The van der Waals surface area contributed by atoms with Gasteiger partial charge in [0.1, 0.15) is 23.9 Å². The summed E-state index contributed by atoms with van der Waals surface area (Å²) in [6.07, 6.45) is 12.8. The van der Waals surface area contributed by atoms with Gasteiger partial charge in [0.25, 0.3) is 0 Å². The van der Waals surface area contributed by atoms with Crippen LogP contribution in [-0.2, 0) is 9.47 Å². The van der Waals surface area contributed by atoms with Crippen molar-refractivity contribution in [2.75, 3.05) is 57.5 Å². The molecule has 1 aliphatic carbocycles. The molecule has 4 aromatic heterocycles. The Morgan fingerprint density at radius 2 is 1.98 bits per heavy atom. The Morgan fingerprint density at radius 3 is 2.83 bits per heavy atom. The quantitative estimate of drug-likeness (QED) is 0.225. The molecule has 8 heterocycles. The van der Waals surface area contributed by atoms with Crippen LogP contribution < -0.4 is 9.64 Å². The van der Waals surface area contributed by atoms with Gasteiger partial charge in [0.15, 0.2) is 12.0 Å². The third-order valence-corrected chi connectivity index (χ3v) is 12.1. The normalized spacial score (nSPS) is 28.7. The van der Waals surface area contributed by atoms with Gasteiger partial charge in [-0.25, -0.2) is 9.07 Å². The molecule has 12 nitrogen and oxygen atoms in total. The van der Waals surface area contributed by atoms with Gasteiger partial charge in [-0.05, 0) is 94.5 Å². The molecule has 1 saturated carbocycles. The second kappa shape index (κ2) is 12.3. The Morgan fingerprint density at radius 1 is 1.08 bits per heavy atom. The second-order valence-electron chi connectivity index (χ2n) is 16.2. The molecule has 13 heteroatoms. The Hall–Kier alpha value is -3.91. The van der Waals surface area contributed by atoms with E-state index < -0.39 is 11.8 Å². The molecule has 0 spiro atoms. The van der Waals surface area contributed by atoms with Gasteiger partial charge in [-0.2, -0.15) is 15.1 Å². The van der Waals surface area contributed by atoms with Gasteiger partial charge in [0.2, 0.25) is 0 Å². The second-order valence-corrected chi connectivity index (χ2v) is 16.2. The van der Waals surface area contributed by atoms with Gasteiger partial charge in [-0.15, -0.1) is 0 Å². The number of ether oxygens (including phenoxy) is 3. The number of β-amino-alcohol motifs (C(OH)–C–C–N with tert-alkyl or cyclic N) is 1. The van der Waals surface area contributed by atoms with E-state index in [9.17, 15) is 9.50 Å². The highest BCUT2D eigenvalue weighted by molar-refractivity contribution is 6.03. The average Bonchev–Trinajstić information content (AvgIpc) is 3.50. The number of anilines is 1. The zero-order valence-electron chi connectivity index (χ0n) is 30.1. The molecule has 274 valence electrons. The molecule has 5 fully saturated rings. The van der Waals surface area contributed by atoms with E-state index >= 15 is 0 Å². The topological polar surface area (TPSA) is 115 Å². The number of aryl methyl sites for hydroxylation is 1. The van der Waals surface area contributed by atoms with Gasteiger partial charge in [-0.3, -0.25) is 9.88 Å². The van der Waals surface area contributed by atoms with E-state index in [0.717, 1.165) is 96.8 Å². The van der Waals surface area contributed by atoms with Gasteiger partial charge < -0.3 is 28.6 Å². The fraction of sp³-hybridized carbons (Fsp3) is 0.590. The number of alkyl halides is 1. The van der Waals surface area contributed by atoms with Crippen LogP contribution in [0.5, 0.6) is 6.01 Å². The van der Waals surface area contributed by atoms with E-state index in [2.05, 4.69) is 37.9 Å². The number of nitrogens with zero attached hydrogens (tertiary/aromatic N) is 8. The highest BCUT2D eigenvalue weighted by atomic mass is 19.1. The van der Waals surface area contributed by atoms with Crippen LogP contribution in [-0.4, -0.2) is 109 Å². The molecule has 1 aromatic carbocycles. The SMILES string of the molecule is Cc1cc2c(cnn2C2CCCCO2)c(-c2nccn3c2cc2nc(OC[C@@]45CCCN4C[C@H](F)C5)nc(N4CCOC[C@@](C)(O)C4)c23)c1C1CC1. The van der Waals surface area contributed by atoms with E-state index in [4.69, 9.17) is 34.3 Å². The lowest BCUT2D eigenvalue weighted by molar-refractivity contribution is -0.0366. The van der Waals surface area contributed by atoms with Crippen molar-refractivity contribution < 1.29 is 23.7 Å². The summed E-state index contributed by atoms with van der Waals surface area (Å²) in [6, 6.07) is 4.63. The minimum absolute atomic E-state index is 0.0770. The van der Waals surface area contributed by atoms with Crippen molar-refractivity contribution in [3.05, 3.63) is 41.9 Å². The minimum Gasteiger partial charge on any atom is -0.461 e. The summed E-state index contributed by atoms with van der Waals surface area (Å²) in [5.41, 5.74) is 6.68. The van der Waals surface area contributed by atoms with E-state index in [1.165, 1.54) is 11.1 Å². The summed E-state index contributed by atoms with van der Waals surface area (Å²) in [5.74, 6) is 1.14. The van der Waals surface area contributed by atoms with Crippen LogP contribution >= 0.6 is 0 Å². The summed E-state index contributed by atoms with van der Waals surface area (Å²) in [6.45, 7) is 7.99. The van der Waals surface area contributed by atoms with Crippen molar-refractivity contribution in [3.63, 3.8) is 0 Å². The van der Waals surface area contributed by atoms with E-state index in [1.807, 2.05) is 18.6 Å².